The van der Waals surface area contributed by atoms with Gasteiger partial charge in [0.2, 0.25) is 0 Å². The minimum Gasteiger partial charge on any atom is -0.478 e. The molecule has 2 rings (SSSR count). The molecule has 0 bridgehead atoms. The Hall–Kier alpha value is -0.640. The average molecular weight is 370 g/mol. The highest BCUT2D eigenvalue weighted by Gasteiger charge is 2.18. The van der Waals surface area contributed by atoms with Crippen molar-refractivity contribution in [1.29, 1.82) is 0 Å². The van der Waals surface area contributed by atoms with Crippen LogP contribution in [-0.4, -0.2) is 11.1 Å². The van der Waals surface area contributed by atoms with Crippen LogP contribution >= 0.6 is 58.0 Å². The van der Waals surface area contributed by atoms with Crippen molar-refractivity contribution in [1.82, 2.24) is 0 Å². The molecular formula is C13H5Cl5O2. The molecule has 2 aromatic rings. The van der Waals surface area contributed by atoms with Crippen LogP contribution in [0.3, 0.4) is 0 Å². The fourth-order valence-corrected chi connectivity index (χ4v) is 2.95. The van der Waals surface area contributed by atoms with Gasteiger partial charge in [-0.25, -0.2) is 4.79 Å². The molecule has 0 amide bonds. The molecule has 20 heavy (non-hydrogen) atoms. The van der Waals surface area contributed by atoms with Crippen LogP contribution in [0.15, 0.2) is 24.3 Å². The van der Waals surface area contributed by atoms with Crippen LogP contribution in [-0.2, 0) is 0 Å². The van der Waals surface area contributed by atoms with Gasteiger partial charge in [-0.3, -0.25) is 0 Å². The molecule has 7 heteroatoms. The lowest BCUT2D eigenvalue weighted by atomic mass is 10.0. The van der Waals surface area contributed by atoms with Gasteiger partial charge < -0.3 is 5.11 Å². The minimum absolute atomic E-state index is 0.0547. The van der Waals surface area contributed by atoms with Crippen molar-refractivity contribution in [2.24, 2.45) is 0 Å². The van der Waals surface area contributed by atoms with E-state index in [-0.39, 0.29) is 30.7 Å². The first-order valence-electron chi connectivity index (χ1n) is 5.19. The summed E-state index contributed by atoms with van der Waals surface area (Å²) in [5.74, 6) is -1.08. The lowest BCUT2D eigenvalue weighted by Crippen LogP contribution is -1.96. The first-order valence-corrected chi connectivity index (χ1v) is 7.08. The van der Waals surface area contributed by atoms with E-state index in [1.165, 1.54) is 24.3 Å². The molecule has 0 aromatic heterocycles. The Bertz CT molecular complexity index is 686. The molecular weight excluding hydrogens is 365 g/mol. The Kier molecular flexibility index (Phi) is 4.73. The molecule has 0 spiro atoms. The Morgan fingerprint density at radius 2 is 1.40 bits per heavy atom. The van der Waals surface area contributed by atoms with Crippen molar-refractivity contribution >= 4 is 64.0 Å². The van der Waals surface area contributed by atoms with E-state index in [1.54, 1.807) is 0 Å². The number of hydrogen-bond acceptors (Lipinski definition) is 1. The molecule has 0 fully saturated rings. The maximum atomic E-state index is 10.9. The largest absolute Gasteiger partial charge is 0.478 e. The van der Waals surface area contributed by atoms with Gasteiger partial charge in [0, 0.05) is 16.1 Å². The van der Waals surface area contributed by atoms with Crippen molar-refractivity contribution in [3.8, 4) is 11.1 Å². The van der Waals surface area contributed by atoms with E-state index in [1.807, 2.05) is 0 Å². The molecule has 0 aliphatic carbocycles. The van der Waals surface area contributed by atoms with Crippen LogP contribution in [0.2, 0.25) is 25.1 Å². The van der Waals surface area contributed by atoms with E-state index < -0.39 is 5.97 Å². The van der Waals surface area contributed by atoms with E-state index in [0.717, 1.165) is 0 Å². The van der Waals surface area contributed by atoms with Gasteiger partial charge in [-0.1, -0.05) is 64.1 Å². The molecule has 0 aliphatic rings. The maximum Gasteiger partial charge on any atom is 0.335 e. The number of rotatable bonds is 2. The fourth-order valence-electron chi connectivity index (χ4n) is 1.66. The second-order valence-electron chi connectivity index (χ2n) is 3.84. The van der Waals surface area contributed by atoms with Crippen molar-refractivity contribution in [3.63, 3.8) is 0 Å². The van der Waals surface area contributed by atoms with Crippen molar-refractivity contribution in [2.45, 2.75) is 0 Å². The van der Waals surface area contributed by atoms with E-state index in [4.69, 9.17) is 63.1 Å². The third-order valence-corrected chi connectivity index (χ3v) is 4.48. The molecule has 2 aromatic carbocycles. The normalized spacial score (nSPS) is 10.7. The van der Waals surface area contributed by atoms with Crippen LogP contribution in [0.4, 0.5) is 0 Å². The molecule has 104 valence electrons. The molecule has 0 atom stereocenters. The number of carboxylic acids is 1. The molecule has 0 unspecified atom stereocenters. The van der Waals surface area contributed by atoms with E-state index in [9.17, 15) is 4.79 Å². The standard InChI is InChI=1S/C13H5Cl5O2/c14-7-3-5(13(19)20)1-2-6(7)10-11(17)8(15)4-9(16)12(10)18/h1-4H,(H,19,20). The number of carboxylic acid groups (broad SMARTS) is 1. The van der Waals surface area contributed by atoms with Gasteiger partial charge in [-0.15, -0.1) is 0 Å². The zero-order valence-corrected chi connectivity index (χ0v) is 13.3. The number of halogens is 5. The summed E-state index contributed by atoms with van der Waals surface area (Å²) in [6.45, 7) is 0. The predicted octanol–water partition coefficient (Wildman–Crippen LogP) is 6.32. The quantitative estimate of drug-likeness (QED) is 0.628. The Labute approximate surface area is 139 Å². The SMILES string of the molecule is O=C(O)c1ccc(-c2c(Cl)c(Cl)cc(Cl)c2Cl)c(Cl)c1. The molecule has 1 N–H and O–H groups in total. The average Bonchev–Trinajstić information content (AvgIpc) is 2.38. The maximum absolute atomic E-state index is 10.9. The van der Waals surface area contributed by atoms with Crippen LogP contribution in [0.25, 0.3) is 11.1 Å². The molecule has 2 nitrogen and oxygen atoms in total. The van der Waals surface area contributed by atoms with Gasteiger partial charge in [0.25, 0.3) is 0 Å². The lowest BCUT2D eigenvalue weighted by Gasteiger charge is -2.12. The lowest BCUT2D eigenvalue weighted by molar-refractivity contribution is 0.0697. The number of aromatic carboxylic acids is 1. The van der Waals surface area contributed by atoms with E-state index in [0.29, 0.717) is 11.1 Å². The third kappa shape index (κ3) is 2.85. The monoisotopic (exact) mass is 368 g/mol. The zero-order valence-electron chi connectivity index (χ0n) is 9.55. The first-order chi connectivity index (χ1) is 9.32. The van der Waals surface area contributed by atoms with Crippen LogP contribution in [0.5, 0.6) is 0 Å². The zero-order chi connectivity index (χ0) is 15.0. The van der Waals surface area contributed by atoms with Crippen molar-refractivity contribution < 1.29 is 9.90 Å². The minimum atomic E-state index is -1.08. The summed E-state index contributed by atoms with van der Waals surface area (Å²) in [5, 5.41) is 9.96. The van der Waals surface area contributed by atoms with Gasteiger partial charge in [0.1, 0.15) is 0 Å². The van der Waals surface area contributed by atoms with Crippen LogP contribution in [0, 0.1) is 0 Å². The fraction of sp³-hybridized carbons (Fsp3) is 0. The molecule has 0 radical (unpaired) electrons. The van der Waals surface area contributed by atoms with E-state index in [2.05, 4.69) is 0 Å². The first kappa shape index (κ1) is 15.7. The Balaban J connectivity index is 2.72. The second-order valence-corrected chi connectivity index (χ2v) is 5.82. The summed E-state index contributed by atoms with van der Waals surface area (Å²) in [6.07, 6.45) is 0. The Morgan fingerprint density at radius 3 is 1.85 bits per heavy atom. The van der Waals surface area contributed by atoms with Crippen LogP contribution < -0.4 is 0 Å². The highest BCUT2D eigenvalue weighted by Crippen LogP contribution is 2.45. The summed E-state index contributed by atoms with van der Waals surface area (Å²) < 4.78 is 0. The second kappa shape index (κ2) is 6.00. The summed E-state index contributed by atoms with van der Waals surface area (Å²) in [5.41, 5.74) is 0.878. The van der Waals surface area contributed by atoms with Gasteiger partial charge in [0.05, 0.1) is 25.7 Å². The highest BCUT2D eigenvalue weighted by molar-refractivity contribution is 6.50. The van der Waals surface area contributed by atoms with E-state index >= 15 is 0 Å². The summed E-state index contributed by atoms with van der Waals surface area (Å²) in [6, 6.07) is 5.63. The van der Waals surface area contributed by atoms with Gasteiger partial charge in [-0.2, -0.15) is 0 Å². The number of carbonyl (C=O) groups is 1. The highest BCUT2D eigenvalue weighted by atomic mass is 35.5. The summed E-state index contributed by atoms with van der Waals surface area (Å²) in [7, 11) is 0. The molecule has 0 saturated heterocycles. The van der Waals surface area contributed by atoms with Gasteiger partial charge >= 0.3 is 5.97 Å². The summed E-state index contributed by atoms with van der Waals surface area (Å²) in [4.78, 5) is 10.9. The topological polar surface area (TPSA) is 37.3 Å². The third-order valence-electron chi connectivity index (χ3n) is 2.60. The van der Waals surface area contributed by atoms with Gasteiger partial charge in [-0.05, 0) is 18.2 Å². The van der Waals surface area contributed by atoms with Gasteiger partial charge in [0.15, 0.2) is 0 Å². The molecule has 0 aliphatic heterocycles. The predicted molar refractivity (Wildman–Crippen MR) is 83.9 cm³/mol. The van der Waals surface area contributed by atoms with Crippen molar-refractivity contribution in [3.05, 3.63) is 54.9 Å². The molecule has 0 heterocycles. The summed E-state index contributed by atoms with van der Waals surface area (Å²) >= 11 is 30.3. The molecule has 0 saturated carbocycles. The number of hydrogen-bond donors (Lipinski definition) is 1. The van der Waals surface area contributed by atoms with Crippen molar-refractivity contribution in [2.75, 3.05) is 0 Å². The Morgan fingerprint density at radius 1 is 0.850 bits per heavy atom. The van der Waals surface area contributed by atoms with Crippen LogP contribution in [0.1, 0.15) is 10.4 Å². The smallest absolute Gasteiger partial charge is 0.335 e. The number of benzene rings is 2.